The third-order valence-corrected chi connectivity index (χ3v) is 2.44. The van der Waals surface area contributed by atoms with Gasteiger partial charge in [-0.15, -0.1) is 0 Å². The van der Waals surface area contributed by atoms with Crippen LogP contribution in [0.4, 0.5) is 0 Å². The molecule has 1 rings (SSSR count). The first-order chi connectivity index (χ1) is 4.61. The summed E-state index contributed by atoms with van der Waals surface area (Å²) in [7, 11) is 1.38. The van der Waals surface area contributed by atoms with Gasteiger partial charge in [0.15, 0.2) is 0 Å². The summed E-state index contributed by atoms with van der Waals surface area (Å²) < 4.78 is 4.56. The molecular weight excluding hydrogens is 130 g/mol. The Morgan fingerprint density at radius 2 is 2.40 bits per heavy atom. The van der Waals surface area contributed by atoms with E-state index in [1.165, 1.54) is 7.11 Å². The molecule has 0 aromatic rings. The summed E-state index contributed by atoms with van der Waals surface area (Å²) in [6.07, 6.45) is 1.80. The molecule has 0 spiro atoms. The highest BCUT2D eigenvalue weighted by molar-refractivity contribution is 5.82. The van der Waals surface area contributed by atoms with Crippen molar-refractivity contribution in [2.75, 3.05) is 7.11 Å². The number of hydrogen-bond donors (Lipinski definition) is 1. The van der Waals surface area contributed by atoms with Crippen molar-refractivity contribution in [2.45, 2.75) is 25.3 Å². The molecule has 1 saturated carbocycles. The van der Waals surface area contributed by atoms with E-state index >= 15 is 0 Å². The molecule has 3 nitrogen and oxygen atoms in total. The molecule has 10 heavy (non-hydrogen) atoms. The molecule has 0 aliphatic heterocycles. The van der Waals surface area contributed by atoms with Crippen LogP contribution in [0, 0.1) is 5.92 Å². The number of ether oxygens (including phenoxy) is 1. The standard InChI is InChI=1S/C7H13NO2/c1-5-3-4-7(5,8)6(9)10-2/h5H,3-4,8H2,1-2H3/t5-,7+/m1/s1. The minimum absolute atomic E-state index is 0.272. The lowest BCUT2D eigenvalue weighted by Crippen LogP contribution is -2.60. The van der Waals surface area contributed by atoms with Crippen molar-refractivity contribution in [2.24, 2.45) is 11.7 Å². The Kier molecular flexibility index (Phi) is 1.68. The smallest absolute Gasteiger partial charge is 0.326 e. The molecule has 58 valence electrons. The second kappa shape index (κ2) is 2.23. The molecule has 1 aliphatic rings. The largest absolute Gasteiger partial charge is 0.468 e. The molecule has 0 radical (unpaired) electrons. The summed E-state index contributed by atoms with van der Waals surface area (Å²) in [6, 6.07) is 0. The van der Waals surface area contributed by atoms with Crippen molar-refractivity contribution in [3.05, 3.63) is 0 Å². The van der Waals surface area contributed by atoms with E-state index in [0.29, 0.717) is 0 Å². The van der Waals surface area contributed by atoms with Crippen LogP contribution in [0.2, 0.25) is 0 Å². The Labute approximate surface area is 60.5 Å². The van der Waals surface area contributed by atoms with E-state index in [9.17, 15) is 4.79 Å². The normalized spacial score (nSPS) is 38.5. The zero-order chi connectivity index (χ0) is 7.78. The van der Waals surface area contributed by atoms with Crippen molar-refractivity contribution in [1.82, 2.24) is 0 Å². The summed E-state index contributed by atoms with van der Waals surface area (Å²) in [5.74, 6) is 0.00574. The van der Waals surface area contributed by atoms with Crippen LogP contribution in [-0.4, -0.2) is 18.6 Å². The third-order valence-electron chi connectivity index (χ3n) is 2.44. The molecule has 0 unspecified atom stereocenters. The molecule has 0 heterocycles. The van der Waals surface area contributed by atoms with Crippen LogP contribution in [-0.2, 0) is 9.53 Å². The van der Waals surface area contributed by atoms with E-state index in [1.807, 2.05) is 6.92 Å². The quantitative estimate of drug-likeness (QED) is 0.537. The fourth-order valence-corrected chi connectivity index (χ4v) is 1.24. The predicted molar refractivity (Wildman–Crippen MR) is 37.3 cm³/mol. The van der Waals surface area contributed by atoms with Crippen LogP contribution in [0.15, 0.2) is 0 Å². The van der Waals surface area contributed by atoms with Crippen LogP contribution in [0.3, 0.4) is 0 Å². The first-order valence-electron chi connectivity index (χ1n) is 3.48. The van der Waals surface area contributed by atoms with Gasteiger partial charge in [0.25, 0.3) is 0 Å². The van der Waals surface area contributed by atoms with E-state index in [0.717, 1.165) is 12.8 Å². The van der Waals surface area contributed by atoms with Crippen molar-refractivity contribution in [3.8, 4) is 0 Å². The maximum absolute atomic E-state index is 11.0. The fourth-order valence-electron chi connectivity index (χ4n) is 1.24. The summed E-state index contributed by atoms with van der Waals surface area (Å²) in [4.78, 5) is 11.0. The minimum Gasteiger partial charge on any atom is -0.468 e. The number of carbonyl (C=O) groups is 1. The van der Waals surface area contributed by atoms with Gasteiger partial charge in [-0.05, 0) is 18.8 Å². The summed E-state index contributed by atoms with van der Waals surface area (Å²) in [5, 5.41) is 0. The van der Waals surface area contributed by atoms with Crippen molar-refractivity contribution >= 4 is 5.97 Å². The predicted octanol–water partition coefficient (Wildman–Crippen LogP) is 0.287. The van der Waals surface area contributed by atoms with Gasteiger partial charge in [0.05, 0.1) is 7.11 Å². The minimum atomic E-state index is -0.672. The van der Waals surface area contributed by atoms with E-state index in [2.05, 4.69) is 4.74 Å². The van der Waals surface area contributed by atoms with Gasteiger partial charge in [0.1, 0.15) is 5.54 Å². The summed E-state index contributed by atoms with van der Waals surface area (Å²) in [5.41, 5.74) is 5.05. The fraction of sp³-hybridized carbons (Fsp3) is 0.857. The second-order valence-electron chi connectivity index (χ2n) is 2.97. The molecule has 2 atom stereocenters. The molecule has 0 saturated heterocycles. The number of carbonyl (C=O) groups excluding carboxylic acids is 1. The molecule has 0 amide bonds. The first kappa shape index (κ1) is 7.54. The lowest BCUT2D eigenvalue weighted by atomic mass is 9.68. The molecular formula is C7H13NO2. The average Bonchev–Trinajstić information content (AvgIpc) is 1.98. The summed E-state index contributed by atoms with van der Waals surface area (Å²) >= 11 is 0. The molecule has 0 bridgehead atoms. The Morgan fingerprint density at radius 1 is 1.80 bits per heavy atom. The highest BCUT2D eigenvalue weighted by Crippen LogP contribution is 2.36. The molecule has 0 aromatic heterocycles. The van der Waals surface area contributed by atoms with Crippen LogP contribution in [0.5, 0.6) is 0 Å². The van der Waals surface area contributed by atoms with Gasteiger partial charge in [-0.2, -0.15) is 0 Å². The monoisotopic (exact) mass is 143 g/mol. The van der Waals surface area contributed by atoms with Crippen LogP contribution >= 0.6 is 0 Å². The SMILES string of the molecule is COC(=O)[C@]1(N)CC[C@H]1C. The Hall–Kier alpha value is -0.570. The van der Waals surface area contributed by atoms with Gasteiger partial charge in [-0.1, -0.05) is 6.92 Å². The van der Waals surface area contributed by atoms with Gasteiger partial charge in [0, 0.05) is 0 Å². The van der Waals surface area contributed by atoms with Crippen LogP contribution < -0.4 is 5.73 Å². The van der Waals surface area contributed by atoms with Crippen molar-refractivity contribution in [1.29, 1.82) is 0 Å². The zero-order valence-electron chi connectivity index (χ0n) is 6.39. The van der Waals surface area contributed by atoms with Gasteiger partial charge in [-0.3, -0.25) is 4.79 Å². The Balaban J connectivity index is 2.60. The lowest BCUT2D eigenvalue weighted by molar-refractivity contribution is -0.153. The summed E-state index contributed by atoms with van der Waals surface area (Å²) in [6.45, 7) is 1.97. The highest BCUT2D eigenvalue weighted by atomic mass is 16.5. The lowest BCUT2D eigenvalue weighted by Gasteiger charge is -2.41. The molecule has 1 fully saturated rings. The number of hydrogen-bond acceptors (Lipinski definition) is 3. The molecule has 1 aliphatic carbocycles. The Bertz CT molecular complexity index is 158. The van der Waals surface area contributed by atoms with Gasteiger partial charge >= 0.3 is 5.97 Å². The maximum Gasteiger partial charge on any atom is 0.326 e. The second-order valence-corrected chi connectivity index (χ2v) is 2.97. The number of methoxy groups -OCH3 is 1. The zero-order valence-corrected chi connectivity index (χ0v) is 6.39. The van der Waals surface area contributed by atoms with Gasteiger partial charge in [-0.25, -0.2) is 0 Å². The molecule has 3 heteroatoms. The first-order valence-corrected chi connectivity index (χ1v) is 3.48. The van der Waals surface area contributed by atoms with E-state index in [-0.39, 0.29) is 11.9 Å². The third kappa shape index (κ3) is 0.814. The molecule has 0 aromatic carbocycles. The van der Waals surface area contributed by atoms with Crippen LogP contribution in [0.1, 0.15) is 19.8 Å². The highest BCUT2D eigenvalue weighted by Gasteiger charge is 2.47. The van der Waals surface area contributed by atoms with Crippen LogP contribution in [0.25, 0.3) is 0 Å². The number of rotatable bonds is 1. The van der Waals surface area contributed by atoms with Gasteiger partial charge in [0.2, 0.25) is 0 Å². The number of esters is 1. The van der Waals surface area contributed by atoms with Gasteiger partial charge < -0.3 is 10.5 Å². The van der Waals surface area contributed by atoms with E-state index in [1.54, 1.807) is 0 Å². The van der Waals surface area contributed by atoms with Crippen molar-refractivity contribution in [3.63, 3.8) is 0 Å². The average molecular weight is 143 g/mol. The topological polar surface area (TPSA) is 52.3 Å². The Morgan fingerprint density at radius 3 is 2.50 bits per heavy atom. The van der Waals surface area contributed by atoms with E-state index in [4.69, 9.17) is 5.73 Å². The molecule has 2 N–H and O–H groups in total. The maximum atomic E-state index is 11.0. The number of nitrogens with two attached hydrogens (primary N) is 1. The van der Waals surface area contributed by atoms with E-state index < -0.39 is 5.54 Å². The van der Waals surface area contributed by atoms with Crippen molar-refractivity contribution < 1.29 is 9.53 Å².